The van der Waals surface area contributed by atoms with Gasteiger partial charge < -0.3 is 30.3 Å². The number of fused-ring (bicyclic) bond motifs is 1. The first-order valence-electron chi connectivity index (χ1n) is 12.3. The first-order chi connectivity index (χ1) is 18.8. The highest BCUT2D eigenvalue weighted by atomic mass is 19.1. The lowest BCUT2D eigenvalue weighted by Gasteiger charge is -2.37. The summed E-state index contributed by atoms with van der Waals surface area (Å²) in [5, 5.41) is 24.9. The fraction of sp³-hybridized carbons (Fsp3) is 0.333. The van der Waals surface area contributed by atoms with E-state index in [0.29, 0.717) is 29.0 Å². The van der Waals surface area contributed by atoms with Crippen LogP contribution < -0.4 is 15.4 Å². The molecule has 2 aromatic heterocycles. The molecule has 3 aromatic rings. The second kappa shape index (κ2) is 12.7. The van der Waals surface area contributed by atoms with Crippen molar-refractivity contribution >= 4 is 34.6 Å². The number of pyridine rings is 2. The van der Waals surface area contributed by atoms with E-state index in [4.69, 9.17) is 9.47 Å². The van der Waals surface area contributed by atoms with Gasteiger partial charge >= 0.3 is 0 Å². The minimum Gasteiger partial charge on any atom is -0.481 e. The number of aliphatic hydroxyl groups is 2. The molecule has 0 bridgehead atoms. The predicted octanol–water partition coefficient (Wildman–Crippen LogP) is 2.34. The van der Waals surface area contributed by atoms with Gasteiger partial charge in [0.15, 0.2) is 0 Å². The second-order valence-corrected chi connectivity index (χ2v) is 9.00. The van der Waals surface area contributed by atoms with Crippen molar-refractivity contribution in [1.29, 1.82) is 0 Å². The Morgan fingerprint density at radius 1 is 1.23 bits per heavy atom. The van der Waals surface area contributed by atoms with E-state index in [9.17, 15) is 28.6 Å². The van der Waals surface area contributed by atoms with Crippen molar-refractivity contribution in [2.75, 3.05) is 19.0 Å². The standard InChI is InChI=1S/C27H28F2N4O6/c1-38-25-9-6-20-26(33-25)21(10-11-30-20)32-27(37)22-7-5-19(23(39-22)13-17(35)14-34)31-24(36)8-2-15-12-16(28)3-4-18(15)29/h2-4,6,8-12,17,19,22-23,34-35H,5,7,13-14H2,1H3,(H,31,36)(H,30,32,37)/t17-,19-,22+,23-/m1/s1. The lowest BCUT2D eigenvalue weighted by atomic mass is 9.94. The van der Waals surface area contributed by atoms with Crippen molar-refractivity contribution < 1.29 is 38.1 Å². The molecule has 1 saturated heterocycles. The maximum absolute atomic E-state index is 13.8. The van der Waals surface area contributed by atoms with Crippen molar-refractivity contribution in [2.24, 2.45) is 0 Å². The van der Waals surface area contributed by atoms with Gasteiger partial charge in [-0.3, -0.25) is 14.6 Å². The molecule has 1 aliphatic rings. The number of nitrogens with zero attached hydrogens (tertiary/aromatic N) is 2. The number of aromatic nitrogens is 2. The van der Waals surface area contributed by atoms with Gasteiger partial charge in [-0.15, -0.1) is 0 Å². The van der Waals surface area contributed by atoms with E-state index in [1.54, 1.807) is 18.2 Å². The van der Waals surface area contributed by atoms with Crippen LogP contribution >= 0.6 is 0 Å². The summed E-state index contributed by atoms with van der Waals surface area (Å²) in [7, 11) is 1.48. The minimum absolute atomic E-state index is 0.0512. The van der Waals surface area contributed by atoms with Crippen LogP contribution in [0.2, 0.25) is 0 Å². The number of aliphatic hydroxyl groups excluding tert-OH is 2. The number of methoxy groups -OCH3 is 1. The molecular formula is C27H28F2N4O6. The Hall–Kier alpha value is -4.00. The zero-order valence-corrected chi connectivity index (χ0v) is 21.0. The number of carbonyl (C=O) groups excluding carboxylic acids is 2. The molecule has 0 saturated carbocycles. The summed E-state index contributed by atoms with van der Waals surface area (Å²) in [6, 6.07) is 7.24. The first-order valence-corrected chi connectivity index (χ1v) is 12.3. The maximum Gasteiger partial charge on any atom is 0.253 e. The molecule has 4 atom stereocenters. The number of amides is 2. The molecule has 3 heterocycles. The van der Waals surface area contributed by atoms with Gasteiger partial charge in [-0.05, 0) is 49.2 Å². The Morgan fingerprint density at radius 3 is 2.82 bits per heavy atom. The van der Waals surface area contributed by atoms with Gasteiger partial charge in [-0.1, -0.05) is 0 Å². The highest BCUT2D eigenvalue weighted by Crippen LogP contribution is 2.27. The number of carbonyl (C=O) groups is 2. The third-order valence-corrected chi connectivity index (χ3v) is 6.26. The van der Waals surface area contributed by atoms with Crippen molar-refractivity contribution in [3.63, 3.8) is 0 Å². The molecule has 10 nitrogen and oxygen atoms in total. The number of nitrogens with one attached hydrogen (secondary N) is 2. The van der Waals surface area contributed by atoms with Crippen LogP contribution in [0.25, 0.3) is 17.1 Å². The van der Waals surface area contributed by atoms with E-state index in [1.165, 1.54) is 13.3 Å². The van der Waals surface area contributed by atoms with Gasteiger partial charge in [0.1, 0.15) is 23.3 Å². The normalized spacial score (nSPS) is 20.1. The highest BCUT2D eigenvalue weighted by Gasteiger charge is 2.36. The number of ether oxygens (including phenoxy) is 2. The summed E-state index contributed by atoms with van der Waals surface area (Å²) >= 11 is 0. The van der Waals surface area contributed by atoms with Crippen molar-refractivity contribution in [3.05, 3.63) is 65.9 Å². The van der Waals surface area contributed by atoms with Gasteiger partial charge in [0, 0.05) is 30.3 Å². The lowest BCUT2D eigenvalue weighted by molar-refractivity contribution is -0.143. The molecule has 1 aliphatic heterocycles. The van der Waals surface area contributed by atoms with Crippen molar-refractivity contribution in [1.82, 2.24) is 15.3 Å². The second-order valence-electron chi connectivity index (χ2n) is 9.00. The number of halogens is 2. The maximum atomic E-state index is 13.8. The average molecular weight is 543 g/mol. The van der Waals surface area contributed by atoms with Crippen LogP contribution in [0, 0.1) is 11.6 Å². The predicted molar refractivity (Wildman–Crippen MR) is 138 cm³/mol. The number of hydrogen-bond donors (Lipinski definition) is 4. The molecule has 206 valence electrons. The number of rotatable bonds is 9. The Kier molecular flexibility index (Phi) is 9.12. The molecule has 4 N–H and O–H groups in total. The molecule has 2 amide bonds. The Morgan fingerprint density at radius 2 is 2.05 bits per heavy atom. The van der Waals surface area contributed by atoms with Crippen molar-refractivity contribution in [3.8, 4) is 5.88 Å². The summed E-state index contributed by atoms with van der Waals surface area (Å²) in [4.78, 5) is 34.2. The Balaban J connectivity index is 1.44. The molecule has 1 fully saturated rings. The molecule has 39 heavy (non-hydrogen) atoms. The van der Waals surface area contributed by atoms with E-state index in [-0.39, 0.29) is 18.4 Å². The highest BCUT2D eigenvalue weighted by molar-refractivity contribution is 6.01. The summed E-state index contributed by atoms with van der Waals surface area (Å²) in [6.07, 6.45) is 1.37. The topological polar surface area (TPSA) is 143 Å². The van der Waals surface area contributed by atoms with Crippen LogP contribution in [0.15, 0.2) is 48.7 Å². The van der Waals surface area contributed by atoms with Gasteiger partial charge in [-0.25, -0.2) is 13.8 Å². The fourth-order valence-electron chi connectivity index (χ4n) is 4.28. The van der Waals surface area contributed by atoms with Gasteiger partial charge in [-0.2, -0.15) is 0 Å². The van der Waals surface area contributed by atoms with Crippen LogP contribution in [0.1, 0.15) is 24.8 Å². The zero-order chi connectivity index (χ0) is 27.9. The molecule has 12 heteroatoms. The molecule has 0 unspecified atom stereocenters. The SMILES string of the molecule is COc1ccc2nccc(NC(=O)[C@@H]3CC[C@@H](NC(=O)C=Cc4cc(F)ccc4F)[C@@H](C[C@@H](O)CO)O3)c2n1. The van der Waals surface area contributed by atoms with Gasteiger partial charge in [0.05, 0.1) is 43.2 Å². The first kappa shape index (κ1) is 28.0. The van der Waals surface area contributed by atoms with Crippen LogP contribution in [0.3, 0.4) is 0 Å². The largest absolute Gasteiger partial charge is 0.481 e. The fourth-order valence-corrected chi connectivity index (χ4v) is 4.28. The average Bonchev–Trinajstić information content (AvgIpc) is 2.94. The van der Waals surface area contributed by atoms with E-state index < -0.39 is 54.4 Å². The van der Waals surface area contributed by atoms with Crippen molar-refractivity contribution in [2.45, 2.75) is 43.6 Å². The summed E-state index contributed by atoms with van der Waals surface area (Å²) in [5.41, 5.74) is 1.30. The van der Waals surface area contributed by atoms with Gasteiger partial charge in [0.2, 0.25) is 11.8 Å². The molecular weight excluding hydrogens is 514 g/mol. The molecule has 0 aliphatic carbocycles. The third kappa shape index (κ3) is 7.11. The van der Waals surface area contributed by atoms with Crippen LogP contribution in [0.4, 0.5) is 14.5 Å². The van der Waals surface area contributed by atoms with E-state index in [2.05, 4.69) is 20.6 Å². The number of anilines is 1. The van der Waals surface area contributed by atoms with E-state index >= 15 is 0 Å². The minimum atomic E-state index is -1.14. The molecule has 0 radical (unpaired) electrons. The number of hydrogen-bond acceptors (Lipinski definition) is 8. The smallest absolute Gasteiger partial charge is 0.253 e. The monoisotopic (exact) mass is 542 g/mol. The lowest BCUT2D eigenvalue weighted by Crippen LogP contribution is -2.52. The summed E-state index contributed by atoms with van der Waals surface area (Å²) < 4.78 is 38.4. The molecule has 4 rings (SSSR count). The summed E-state index contributed by atoms with van der Waals surface area (Å²) in [5.74, 6) is -2.03. The molecule has 1 aromatic carbocycles. The van der Waals surface area contributed by atoms with Crippen LogP contribution in [-0.4, -0.2) is 70.1 Å². The third-order valence-electron chi connectivity index (χ3n) is 6.26. The Labute approximate surface area is 222 Å². The van der Waals surface area contributed by atoms with Crippen LogP contribution in [-0.2, 0) is 14.3 Å². The number of benzene rings is 1. The quantitative estimate of drug-likeness (QED) is 0.302. The van der Waals surface area contributed by atoms with Gasteiger partial charge in [0.25, 0.3) is 5.91 Å². The Bertz CT molecular complexity index is 1370. The van der Waals surface area contributed by atoms with E-state index in [0.717, 1.165) is 30.4 Å². The van der Waals surface area contributed by atoms with Crippen LogP contribution in [0.5, 0.6) is 5.88 Å². The zero-order valence-electron chi connectivity index (χ0n) is 21.0. The molecule has 0 spiro atoms. The summed E-state index contributed by atoms with van der Waals surface area (Å²) in [6.45, 7) is -0.535. The van der Waals surface area contributed by atoms with E-state index in [1.807, 2.05) is 0 Å².